The van der Waals surface area contributed by atoms with Crippen LogP contribution in [0.5, 0.6) is 5.75 Å². The molecule has 3 aromatic rings. The van der Waals surface area contributed by atoms with Gasteiger partial charge in [0.25, 0.3) is 10.0 Å². The highest BCUT2D eigenvalue weighted by molar-refractivity contribution is 7.90. The van der Waals surface area contributed by atoms with E-state index in [1.54, 1.807) is 30.6 Å². The summed E-state index contributed by atoms with van der Waals surface area (Å²) in [6.45, 7) is 1.05. The van der Waals surface area contributed by atoms with Gasteiger partial charge in [0.15, 0.2) is 0 Å². The topological polar surface area (TPSA) is 130 Å². The van der Waals surface area contributed by atoms with Crippen molar-refractivity contribution in [3.63, 3.8) is 0 Å². The second kappa shape index (κ2) is 12.8. The average Bonchev–Trinajstić information content (AvgIpc) is 2.97. The first-order valence-electron chi connectivity index (χ1n) is 13.9. The van der Waals surface area contributed by atoms with E-state index in [1.165, 1.54) is 12.1 Å². The molecule has 1 aliphatic heterocycles. The van der Waals surface area contributed by atoms with E-state index in [9.17, 15) is 18.3 Å². The number of nitrogens with one attached hydrogen (secondary N) is 3. The van der Waals surface area contributed by atoms with Gasteiger partial charge in [0.05, 0.1) is 11.0 Å². The van der Waals surface area contributed by atoms with Crippen molar-refractivity contribution in [2.24, 2.45) is 0 Å². The summed E-state index contributed by atoms with van der Waals surface area (Å²) in [4.78, 5) is 16.4. The van der Waals surface area contributed by atoms with Crippen LogP contribution in [0.1, 0.15) is 55.8 Å². The Labute approximate surface area is 235 Å². The quantitative estimate of drug-likeness (QED) is 0.308. The zero-order chi connectivity index (χ0) is 28.0. The first-order valence-corrected chi connectivity index (χ1v) is 15.4. The molecule has 1 aliphatic carbocycles. The van der Waals surface area contributed by atoms with Crippen molar-refractivity contribution in [1.82, 2.24) is 20.3 Å². The molecule has 0 saturated heterocycles. The van der Waals surface area contributed by atoms with Gasteiger partial charge in [-0.05, 0) is 72.7 Å². The molecule has 40 heavy (non-hydrogen) atoms. The monoisotopic (exact) mass is 564 g/mol. The van der Waals surface area contributed by atoms with Crippen molar-refractivity contribution in [3.8, 4) is 16.9 Å². The van der Waals surface area contributed by atoms with Crippen molar-refractivity contribution in [2.75, 3.05) is 13.1 Å². The predicted molar refractivity (Wildman–Crippen MR) is 152 cm³/mol. The fraction of sp³-hybridized carbons (Fsp3) is 0.400. The van der Waals surface area contributed by atoms with Gasteiger partial charge in [-0.15, -0.1) is 0 Å². The van der Waals surface area contributed by atoms with Crippen molar-refractivity contribution in [3.05, 3.63) is 78.1 Å². The Hall–Kier alpha value is -3.47. The van der Waals surface area contributed by atoms with Crippen LogP contribution in [0.15, 0.2) is 71.9 Å². The van der Waals surface area contributed by atoms with Crippen LogP contribution in [-0.4, -0.2) is 49.8 Å². The van der Waals surface area contributed by atoms with Gasteiger partial charge < -0.3 is 20.5 Å². The molecule has 0 unspecified atom stereocenters. The van der Waals surface area contributed by atoms with E-state index in [-0.39, 0.29) is 17.0 Å². The lowest BCUT2D eigenvalue weighted by Crippen LogP contribution is -2.45. The molecule has 1 saturated carbocycles. The van der Waals surface area contributed by atoms with Gasteiger partial charge in [-0.3, -0.25) is 4.98 Å². The number of benzene rings is 2. The van der Waals surface area contributed by atoms with Crippen molar-refractivity contribution in [2.45, 2.75) is 68.1 Å². The molecule has 2 atom stereocenters. The highest BCUT2D eigenvalue weighted by atomic mass is 32.2. The van der Waals surface area contributed by atoms with Crippen molar-refractivity contribution >= 4 is 16.1 Å². The third kappa shape index (κ3) is 7.18. The van der Waals surface area contributed by atoms with Crippen LogP contribution in [0.4, 0.5) is 4.79 Å². The predicted octanol–water partition coefficient (Wildman–Crippen LogP) is 4.09. The molecule has 1 aromatic heterocycles. The molecule has 2 aromatic carbocycles. The number of sulfonamides is 1. The number of aryl methyl sites for hydroxylation is 1. The number of carbonyl (C=O) groups is 1. The largest absolute Gasteiger partial charge is 0.489 e. The lowest BCUT2D eigenvalue weighted by molar-refractivity contribution is 0.146. The molecule has 0 bridgehead atoms. The third-order valence-electron chi connectivity index (χ3n) is 7.53. The molecular formula is C30H36N4O5S. The van der Waals surface area contributed by atoms with E-state index in [2.05, 4.69) is 26.4 Å². The fourth-order valence-corrected chi connectivity index (χ4v) is 6.22. The number of hydrogen-bond donors (Lipinski definition) is 4. The highest BCUT2D eigenvalue weighted by Gasteiger charge is 2.23. The maximum Gasteiger partial charge on any atom is 0.328 e. The normalized spacial score (nSPS) is 18.3. The maximum atomic E-state index is 12.7. The molecule has 212 valence electrons. The fourth-order valence-electron chi connectivity index (χ4n) is 5.31. The number of ether oxygens (including phenoxy) is 1. The Morgan fingerprint density at radius 3 is 2.55 bits per heavy atom. The van der Waals surface area contributed by atoms with Gasteiger partial charge in [0, 0.05) is 37.1 Å². The molecular weight excluding hydrogens is 528 g/mol. The number of hydrogen-bond acceptors (Lipinski definition) is 7. The summed E-state index contributed by atoms with van der Waals surface area (Å²) < 4.78 is 33.8. The van der Waals surface area contributed by atoms with Gasteiger partial charge >= 0.3 is 6.03 Å². The highest BCUT2D eigenvalue weighted by Crippen LogP contribution is 2.32. The molecule has 2 heterocycles. The Bertz CT molecular complexity index is 1390. The molecule has 10 heteroatoms. The van der Waals surface area contributed by atoms with Crippen molar-refractivity contribution in [1.29, 1.82) is 0 Å². The van der Waals surface area contributed by atoms with Gasteiger partial charge in [0.2, 0.25) is 0 Å². The van der Waals surface area contributed by atoms with Crippen LogP contribution in [0, 0.1) is 0 Å². The summed E-state index contributed by atoms with van der Waals surface area (Å²) in [5.74, 6) is 0.835. The molecule has 5 rings (SSSR count). The maximum absolute atomic E-state index is 12.7. The third-order valence-corrected chi connectivity index (χ3v) is 8.88. The van der Waals surface area contributed by atoms with E-state index >= 15 is 0 Å². The summed E-state index contributed by atoms with van der Waals surface area (Å²) in [6, 6.07) is 15.5. The van der Waals surface area contributed by atoms with Crippen LogP contribution >= 0.6 is 0 Å². The van der Waals surface area contributed by atoms with Crippen LogP contribution < -0.4 is 20.1 Å². The first-order chi connectivity index (χ1) is 19.4. The first kappa shape index (κ1) is 28.1. The average molecular weight is 565 g/mol. The summed E-state index contributed by atoms with van der Waals surface area (Å²) in [7, 11) is -3.97. The second-order valence-electron chi connectivity index (χ2n) is 10.5. The van der Waals surface area contributed by atoms with Crippen LogP contribution in [0.25, 0.3) is 11.1 Å². The van der Waals surface area contributed by atoms with Gasteiger partial charge in [-0.1, -0.05) is 43.5 Å². The lowest BCUT2D eigenvalue weighted by Gasteiger charge is -2.27. The number of aliphatic hydroxyl groups excluding tert-OH is 1. The van der Waals surface area contributed by atoms with Gasteiger partial charge in [-0.25, -0.2) is 17.9 Å². The molecule has 1 fully saturated rings. The number of urea groups is 1. The summed E-state index contributed by atoms with van der Waals surface area (Å²) in [5, 5.41) is 16.4. The van der Waals surface area contributed by atoms with E-state index in [1.807, 2.05) is 18.2 Å². The minimum atomic E-state index is -3.97. The minimum Gasteiger partial charge on any atom is -0.489 e. The SMILES string of the molecule is O=C(NC1CCCCC1)NS(=O)(=O)c1ccc(-c2ccc3c(c2)CC[C@H](CNC[C@H](O)c2cccnc2)O3)cc1. The molecule has 0 radical (unpaired) electrons. The van der Waals surface area contributed by atoms with E-state index in [0.29, 0.717) is 13.1 Å². The van der Waals surface area contributed by atoms with Gasteiger partial charge in [0.1, 0.15) is 11.9 Å². The number of aliphatic hydroxyl groups is 1. The van der Waals surface area contributed by atoms with Crippen LogP contribution in [-0.2, 0) is 16.4 Å². The number of pyridine rings is 1. The van der Waals surface area contributed by atoms with Gasteiger partial charge in [-0.2, -0.15) is 0 Å². The number of nitrogens with zero attached hydrogens (tertiary/aromatic N) is 1. The Morgan fingerprint density at radius 1 is 1.02 bits per heavy atom. The van der Waals surface area contributed by atoms with Crippen molar-refractivity contribution < 1.29 is 23.1 Å². The van der Waals surface area contributed by atoms with Crippen LogP contribution in [0.2, 0.25) is 0 Å². The molecule has 0 spiro atoms. The molecule has 2 amide bonds. The Balaban J connectivity index is 1.14. The number of rotatable bonds is 9. The minimum absolute atomic E-state index is 0.00625. The summed E-state index contributed by atoms with van der Waals surface area (Å²) in [5.41, 5.74) is 3.72. The number of aromatic nitrogens is 1. The second-order valence-corrected chi connectivity index (χ2v) is 12.2. The summed E-state index contributed by atoms with van der Waals surface area (Å²) >= 11 is 0. The standard InChI is InChI=1S/C30H36N4O5S/c35-28(24-5-4-16-31-18-24)20-32-19-26-12-8-23-17-22(11-15-29(23)39-26)21-9-13-27(14-10-21)40(37,38)34-30(36)33-25-6-2-1-3-7-25/h4-5,9-11,13-18,25-26,28,32,35H,1-3,6-8,12,19-20H2,(H2,33,34,36)/t26-,28+/m1/s1. The zero-order valence-corrected chi connectivity index (χ0v) is 23.2. The van der Waals surface area contributed by atoms with E-state index < -0.39 is 22.2 Å². The number of fused-ring (bicyclic) bond motifs is 1. The molecule has 4 N–H and O–H groups in total. The number of amides is 2. The van der Waals surface area contributed by atoms with Crippen LogP contribution in [0.3, 0.4) is 0 Å². The molecule has 2 aliphatic rings. The van der Waals surface area contributed by atoms with E-state index in [0.717, 1.165) is 72.9 Å². The summed E-state index contributed by atoms with van der Waals surface area (Å²) in [6.07, 6.45) is 9.43. The Kier molecular flexibility index (Phi) is 8.98. The Morgan fingerprint density at radius 2 is 1.80 bits per heavy atom. The van der Waals surface area contributed by atoms with E-state index in [4.69, 9.17) is 4.74 Å². The smallest absolute Gasteiger partial charge is 0.328 e. The molecule has 9 nitrogen and oxygen atoms in total. The lowest BCUT2D eigenvalue weighted by atomic mass is 9.96. The zero-order valence-electron chi connectivity index (χ0n) is 22.4. The number of carbonyl (C=O) groups excluding carboxylic acids is 1.